The molecule has 0 bridgehead atoms. The monoisotopic (exact) mass is 401 g/mol. The molecule has 0 saturated heterocycles. The number of rotatable bonds is 7. The van der Waals surface area contributed by atoms with Crippen LogP contribution < -0.4 is 5.32 Å². The van der Waals surface area contributed by atoms with Crippen LogP contribution in [0.2, 0.25) is 0 Å². The molecule has 6 heteroatoms. The average Bonchev–Trinajstić information content (AvgIpc) is 2.97. The number of aryl methyl sites for hydroxylation is 1. The Labute approximate surface area is 138 Å². The van der Waals surface area contributed by atoms with E-state index in [0.29, 0.717) is 18.2 Å². The zero-order chi connectivity index (χ0) is 15.2. The van der Waals surface area contributed by atoms with Crippen molar-refractivity contribution in [3.05, 3.63) is 27.2 Å². The Morgan fingerprint density at radius 1 is 1.29 bits per heavy atom. The molecule has 2 aromatic heterocycles. The van der Waals surface area contributed by atoms with Crippen molar-refractivity contribution < 1.29 is 9.15 Å². The first-order valence-electron chi connectivity index (χ1n) is 7.07. The fraction of sp³-hybridized carbons (Fsp3) is 0.467. The van der Waals surface area contributed by atoms with Crippen molar-refractivity contribution in [1.82, 2.24) is 9.97 Å². The van der Waals surface area contributed by atoms with E-state index in [-0.39, 0.29) is 0 Å². The third-order valence-corrected chi connectivity index (χ3v) is 4.11. The molecule has 21 heavy (non-hydrogen) atoms. The minimum absolute atomic E-state index is 0.454. The van der Waals surface area contributed by atoms with Crippen molar-refractivity contribution in [3.63, 3.8) is 0 Å². The van der Waals surface area contributed by atoms with Crippen molar-refractivity contribution in [3.8, 4) is 11.6 Å². The van der Waals surface area contributed by atoms with E-state index in [2.05, 4.69) is 51.7 Å². The number of furan rings is 1. The van der Waals surface area contributed by atoms with Gasteiger partial charge in [0.25, 0.3) is 0 Å². The lowest BCUT2D eigenvalue weighted by Gasteiger charge is -2.11. The topological polar surface area (TPSA) is 60.2 Å². The second-order valence-corrected chi connectivity index (χ2v) is 5.71. The van der Waals surface area contributed by atoms with Gasteiger partial charge in [0.15, 0.2) is 11.6 Å². The summed E-state index contributed by atoms with van der Waals surface area (Å²) in [5, 5.41) is 3.34. The smallest absolute Gasteiger partial charge is 0.198 e. The summed E-state index contributed by atoms with van der Waals surface area (Å²) in [6.45, 7) is 5.51. The molecule has 0 aromatic carbocycles. The van der Waals surface area contributed by atoms with Crippen LogP contribution >= 0.6 is 22.6 Å². The van der Waals surface area contributed by atoms with E-state index in [1.807, 2.05) is 12.1 Å². The first-order valence-corrected chi connectivity index (χ1v) is 8.15. The van der Waals surface area contributed by atoms with Gasteiger partial charge in [-0.2, -0.15) is 0 Å². The molecule has 5 nitrogen and oxygen atoms in total. The van der Waals surface area contributed by atoms with Gasteiger partial charge in [-0.05, 0) is 41.1 Å². The molecule has 0 fully saturated rings. The summed E-state index contributed by atoms with van der Waals surface area (Å²) in [5.74, 6) is 3.06. The molecule has 1 N–H and O–H groups in total. The normalized spacial score (nSPS) is 10.9. The Morgan fingerprint density at radius 3 is 2.71 bits per heavy atom. The minimum Gasteiger partial charge on any atom is -0.458 e. The molecular formula is C15H20IN3O2. The number of anilines is 1. The van der Waals surface area contributed by atoms with Gasteiger partial charge in [-0.1, -0.05) is 13.8 Å². The van der Waals surface area contributed by atoms with Crippen LogP contribution in [-0.4, -0.2) is 23.6 Å². The Hall–Kier alpha value is -1.15. The van der Waals surface area contributed by atoms with Gasteiger partial charge >= 0.3 is 0 Å². The van der Waals surface area contributed by atoms with Gasteiger partial charge in [-0.3, -0.25) is 0 Å². The Kier molecular flexibility index (Phi) is 5.98. The van der Waals surface area contributed by atoms with Gasteiger partial charge in [0, 0.05) is 20.1 Å². The van der Waals surface area contributed by atoms with Crippen LogP contribution in [0.1, 0.15) is 31.7 Å². The van der Waals surface area contributed by atoms with Crippen LogP contribution in [0.25, 0.3) is 11.6 Å². The summed E-state index contributed by atoms with van der Waals surface area (Å²) in [6.07, 6.45) is 1.89. The molecule has 0 unspecified atom stereocenters. The van der Waals surface area contributed by atoms with Crippen molar-refractivity contribution in [2.24, 2.45) is 0 Å². The second-order valence-electron chi connectivity index (χ2n) is 4.64. The number of methoxy groups -OCH3 is 1. The lowest BCUT2D eigenvalue weighted by atomic mass is 10.3. The maximum absolute atomic E-state index is 5.76. The second kappa shape index (κ2) is 7.74. The van der Waals surface area contributed by atoms with Gasteiger partial charge in [0.2, 0.25) is 0 Å². The number of nitrogens with one attached hydrogen (secondary N) is 1. The number of ether oxygens (including phenoxy) is 1. The van der Waals surface area contributed by atoms with Crippen LogP contribution in [0, 0.1) is 3.57 Å². The van der Waals surface area contributed by atoms with Crippen molar-refractivity contribution in [2.45, 2.75) is 33.3 Å². The van der Waals surface area contributed by atoms with E-state index in [0.717, 1.165) is 40.2 Å². The quantitative estimate of drug-likeness (QED) is 0.714. The van der Waals surface area contributed by atoms with Crippen LogP contribution in [0.4, 0.5) is 5.82 Å². The molecule has 0 aliphatic rings. The highest BCUT2D eigenvalue weighted by Crippen LogP contribution is 2.26. The van der Waals surface area contributed by atoms with Crippen molar-refractivity contribution >= 4 is 28.4 Å². The highest BCUT2D eigenvalue weighted by atomic mass is 127. The highest BCUT2D eigenvalue weighted by Gasteiger charge is 2.15. The molecule has 0 spiro atoms. The zero-order valence-electron chi connectivity index (χ0n) is 12.6. The molecule has 2 rings (SSSR count). The fourth-order valence-electron chi connectivity index (χ4n) is 1.88. The molecule has 0 saturated carbocycles. The number of hydrogen-bond donors (Lipinski definition) is 1. The first-order chi connectivity index (χ1) is 10.2. The number of aromatic nitrogens is 2. The third kappa shape index (κ3) is 3.94. The summed E-state index contributed by atoms with van der Waals surface area (Å²) in [7, 11) is 1.67. The Balaban J connectivity index is 2.41. The van der Waals surface area contributed by atoms with E-state index < -0.39 is 0 Å². The molecule has 0 aliphatic carbocycles. The van der Waals surface area contributed by atoms with Gasteiger partial charge in [-0.15, -0.1) is 0 Å². The van der Waals surface area contributed by atoms with E-state index in [4.69, 9.17) is 9.15 Å². The SMILES string of the molecule is CCCNc1nc(-c2ccc(CC)o2)nc(COC)c1I. The Morgan fingerprint density at radius 2 is 2.10 bits per heavy atom. The summed E-state index contributed by atoms with van der Waals surface area (Å²) in [4.78, 5) is 9.16. The fourth-order valence-corrected chi connectivity index (χ4v) is 2.47. The predicted molar refractivity (Wildman–Crippen MR) is 91.3 cm³/mol. The molecule has 0 amide bonds. The lowest BCUT2D eigenvalue weighted by molar-refractivity contribution is 0.181. The maximum atomic E-state index is 5.76. The van der Waals surface area contributed by atoms with Crippen molar-refractivity contribution in [1.29, 1.82) is 0 Å². The third-order valence-electron chi connectivity index (χ3n) is 2.97. The zero-order valence-corrected chi connectivity index (χ0v) is 14.7. The van der Waals surface area contributed by atoms with E-state index in [1.54, 1.807) is 7.11 Å². The number of halogens is 1. The van der Waals surface area contributed by atoms with Gasteiger partial charge in [-0.25, -0.2) is 9.97 Å². The largest absolute Gasteiger partial charge is 0.458 e. The summed E-state index contributed by atoms with van der Waals surface area (Å²) in [5.41, 5.74) is 0.871. The van der Waals surface area contributed by atoms with Crippen LogP contribution in [0.15, 0.2) is 16.5 Å². The predicted octanol–water partition coefficient (Wildman–Crippen LogP) is 3.87. The van der Waals surface area contributed by atoms with Crippen LogP contribution in [0.5, 0.6) is 0 Å². The lowest BCUT2D eigenvalue weighted by Crippen LogP contribution is -2.09. The molecule has 2 heterocycles. The van der Waals surface area contributed by atoms with Gasteiger partial charge in [0.05, 0.1) is 15.9 Å². The van der Waals surface area contributed by atoms with E-state index in [9.17, 15) is 0 Å². The van der Waals surface area contributed by atoms with E-state index >= 15 is 0 Å². The Bertz CT molecular complexity index is 599. The highest BCUT2D eigenvalue weighted by molar-refractivity contribution is 14.1. The average molecular weight is 401 g/mol. The summed E-state index contributed by atoms with van der Waals surface area (Å²) < 4.78 is 12.0. The summed E-state index contributed by atoms with van der Waals surface area (Å²) in [6, 6.07) is 3.88. The van der Waals surface area contributed by atoms with E-state index in [1.165, 1.54) is 0 Å². The van der Waals surface area contributed by atoms with Gasteiger partial charge in [0.1, 0.15) is 11.6 Å². The van der Waals surface area contributed by atoms with Gasteiger partial charge < -0.3 is 14.5 Å². The van der Waals surface area contributed by atoms with Crippen LogP contribution in [-0.2, 0) is 17.8 Å². The maximum Gasteiger partial charge on any atom is 0.198 e. The first kappa shape index (κ1) is 16.2. The molecule has 114 valence electrons. The number of nitrogens with zero attached hydrogens (tertiary/aromatic N) is 2. The molecule has 0 radical (unpaired) electrons. The summed E-state index contributed by atoms with van der Waals surface area (Å²) >= 11 is 2.25. The number of hydrogen-bond acceptors (Lipinski definition) is 5. The standard InChI is InChI=1S/C15H20IN3O2/c1-4-8-17-15-13(16)11(9-20-3)18-14(19-15)12-7-6-10(5-2)21-12/h6-7H,4-5,8-9H2,1-3H3,(H,17,18,19). The molecule has 0 aliphatic heterocycles. The molecule has 0 atom stereocenters. The molecule has 2 aromatic rings. The van der Waals surface area contributed by atoms with Crippen molar-refractivity contribution in [2.75, 3.05) is 19.0 Å². The molecular weight excluding hydrogens is 381 g/mol. The minimum atomic E-state index is 0.454. The van der Waals surface area contributed by atoms with Crippen LogP contribution in [0.3, 0.4) is 0 Å².